The largest absolute Gasteiger partial charge is 0.370 e. The summed E-state index contributed by atoms with van der Waals surface area (Å²) in [7, 11) is 0. The van der Waals surface area contributed by atoms with Crippen LogP contribution in [-0.2, 0) is 4.79 Å². The molecule has 1 N–H and O–H groups in total. The fraction of sp³-hybridized carbons (Fsp3) is 0.533. The van der Waals surface area contributed by atoms with Crippen molar-refractivity contribution in [2.75, 3.05) is 24.5 Å². The highest BCUT2D eigenvalue weighted by Crippen LogP contribution is 2.38. The fourth-order valence-corrected chi connectivity index (χ4v) is 3.21. The maximum atomic E-state index is 12.0. The number of piperidine rings is 1. The van der Waals surface area contributed by atoms with E-state index in [1.165, 1.54) is 11.3 Å². The second kappa shape index (κ2) is 4.30. The zero-order valence-corrected chi connectivity index (χ0v) is 10.9. The fourth-order valence-electron chi connectivity index (χ4n) is 3.21. The molecular formula is C15H20N2O. The second-order valence-electron chi connectivity index (χ2n) is 5.65. The molecule has 1 unspecified atom stereocenters. The first-order valence-electron chi connectivity index (χ1n) is 6.80. The Morgan fingerprint density at radius 1 is 1.22 bits per heavy atom. The van der Waals surface area contributed by atoms with E-state index < -0.39 is 0 Å². The standard InChI is InChI=1S/C15H20N2O/c1-12-3-5-13(6-4-12)17-10-2-7-15(11-17)8-9-16-14(15)18/h3-6H,2,7-11H2,1H3,(H,16,18). The van der Waals surface area contributed by atoms with Gasteiger partial charge in [-0.15, -0.1) is 0 Å². The van der Waals surface area contributed by atoms with E-state index in [-0.39, 0.29) is 11.3 Å². The Labute approximate surface area is 108 Å². The quantitative estimate of drug-likeness (QED) is 0.820. The zero-order valence-electron chi connectivity index (χ0n) is 10.9. The number of amides is 1. The van der Waals surface area contributed by atoms with Gasteiger partial charge in [-0.2, -0.15) is 0 Å². The number of anilines is 1. The van der Waals surface area contributed by atoms with Crippen LogP contribution in [0.3, 0.4) is 0 Å². The maximum Gasteiger partial charge on any atom is 0.228 e. The number of nitrogens with one attached hydrogen (secondary N) is 1. The summed E-state index contributed by atoms with van der Waals surface area (Å²) in [4.78, 5) is 14.4. The second-order valence-corrected chi connectivity index (χ2v) is 5.65. The number of nitrogens with zero attached hydrogens (tertiary/aromatic N) is 1. The summed E-state index contributed by atoms with van der Waals surface area (Å²) in [5, 5.41) is 3.00. The predicted octanol–water partition coefficient (Wildman–Crippen LogP) is 2.10. The van der Waals surface area contributed by atoms with Crippen molar-refractivity contribution in [1.82, 2.24) is 5.32 Å². The Morgan fingerprint density at radius 2 is 2.00 bits per heavy atom. The maximum absolute atomic E-state index is 12.0. The van der Waals surface area contributed by atoms with Gasteiger partial charge in [-0.05, 0) is 38.3 Å². The molecule has 1 aromatic rings. The molecule has 0 bridgehead atoms. The highest BCUT2D eigenvalue weighted by atomic mass is 16.2. The predicted molar refractivity (Wildman–Crippen MR) is 72.7 cm³/mol. The highest BCUT2D eigenvalue weighted by molar-refractivity contribution is 5.85. The van der Waals surface area contributed by atoms with Gasteiger partial charge < -0.3 is 10.2 Å². The van der Waals surface area contributed by atoms with Gasteiger partial charge in [0.1, 0.15) is 0 Å². The number of aryl methyl sites for hydroxylation is 1. The molecule has 0 aliphatic carbocycles. The van der Waals surface area contributed by atoms with Crippen molar-refractivity contribution < 1.29 is 4.79 Å². The third-order valence-electron chi connectivity index (χ3n) is 4.35. The summed E-state index contributed by atoms with van der Waals surface area (Å²) in [5.74, 6) is 0.263. The molecule has 18 heavy (non-hydrogen) atoms. The molecule has 3 rings (SSSR count). The van der Waals surface area contributed by atoms with Crippen LogP contribution in [0.15, 0.2) is 24.3 Å². The monoisotopic (exact) mass is 244 g/mol. The molecule has 3 heteroatoms. The van der Waals surface area contributed by atoms with E-state index in [9.17, 15) is 4.79 Å². The van der Waals surface area contributed by atoms with Crippen molar-refractivity contribution in [2.45, 2.75) is 26.2 Å². The lowest BCUT2D eigenvalue weighted by atomic mass is 9.78. The number of hydrogen-bond acceptors (Lipinski definition) is 2. The lowest BCUT2D eigenvalue weighted by molar-refractivity contribution is -0.128. The molecule has 1 amide bonds. The summed E-state index contributed by atoms with van der Waals surface area (Å²) >= 11 is 0. The van der Waals surface area contributed by atoms with Crippen LogP contribution in [0.1, 0.15) is 24.8 Å². The summed E-state index contributed by atoms with van der Waals surface area (Å²) in [6.45, 7) is 4.90. The summed E-state index contributed by atoms with van der Waals surface area (Å²) < 4.78 is 0. The van der Waals surface area contributed by atoms with E-state index in [0.29, 0.717) is 0 Å². The van der Waals surface area contributed by atoms with Crippen LogP contribution in [0, 0.1) is 12.3 Å². The van der Waals surface area contributed by atoms with Crippen molar-refractivity contribution in [3.05, 3.63) is 29.8 Å². The Hall–Kier alpha value is -1.51. The van der Waals surface area contributed by atoms with Gasteiger partial charge in [-0.25, -0.2) is 0 Å². The van der Waals surface area contributed by atoms with E-state index in [2.05, 4.69) is 41.4 Å². The van der Waals surface area contributed by atoms with E-state index in [4.69, 9.17) is 0 Å². The SMILES string of the molecule is Cc1ccc(N2CCCC3(CCNC3=O)C2)cc1. The molecule has 1 atom stereocenters. The number of rotatable bonds is 1. The average Bonchev–Trinajstić information content (AvgIpc) is 2.72. The third-order valence-corrected chi connectivity index (χ3v) is 4.35. The molecule has 2 saturated heterocycles. The van der Waals surface area contributed by atoms with Gasteiger partial charge in [0.2, 0.25) is 5.91 Å². The molecule has 2 fully saturated rings. The first kappa shape index (κ1) is 11.6. The minimum absolute atomic E-state index is 0.122. The van der Waals surface area contributed by atoms with Gasteiger partial charge in [0.15, 0.2) is 0 Å². The molecular weight excluding hydrogens is 224 g/mol. The van der Waals surface area contributed by atoms with E-state index >= 15 is 0 Å². The smallest absolute Gasteiger partial charge is 0.228 e. The number of benzene rings is 1. The van der Waals surface area contributed by atoms with Gasteiger partial charge >= 0.3 is 0 Å². The Bertz CT molecular complexity index is 454. The minimum atomic E-state index is -0.122. The van der Waals surface area contributed by atoms with Crippen LogP contribution in [0.25, 0.3) is 0 Å². The van der Waals surface area contributed by atoms with Crippen molar-refractivity contribution in [1.29, 1.82) is 0 Å². The summed E-state index contributed by atoms with van der Waals surface area (Å²) in [6.07, 6.45) is 3.15. The molecule has 2 heterocycles. The van der Waals surface area contributed by atoms with Gasteiger partial charge in [-0.1, -0.05) is 17.7 Å². The van der Waals surface area contributed by atoms with E-state index in [0.717, 1.165) is 38.9 Å². The Morgan fingerprint density at radius 3 is 2.67 bits per heavy atom. The number of carbonyl (C=O) groups is 1. The average molecular weight is 244 g/mol. The van der Waals surface area contributed by atoms with Crippen molar-refractivity contribution >= 4 is 11.6 Å². The Kier molecular flexibility index (Phi) is 2.77. The number of carbonyl (C=O) groups excluding carboxylic acids is 1. The minimum Gasteiger partial charge on any atom is -0.370 e. The van der Waals surface area contributed by atoms with Crippen LogP contribution in [0.4, 0.5) is 5.69 Å². The highest BCUT2D eigenvalue weighted by Gasteiger charge is 2.45. The molecule has 96 valence electrons. The lowest BCUT2D eigenvalue weighted by Crippen LogP contribution is -2.47. The van der Waals surface area contributed by atoms with Gasteiger partial charge in [-0.3, -0.25) is 4.79 Å². The van der Waals surface area contributed by atoms with Gasteiger partial charge in [0.25, 0.3) is 0 Å². The van der Waals surface area contributed by atoms with Gasteiger partial charge in [0.05, 0.1) is 5.41 Å². The van der Waals surface area contributed by atoms with Crippen LogP contribution in [-0.4, -0.2) is 25.5 Å². The Balaban J connectivity index is 1.82. The van der Waals surface area contributed by atoms with Crippen LogP contribution < -0.4 is 10.2 Å². The molecule has 3 nitrogen and oxygen atoms in total. The summed E-state index contributed by atoms with van der Waals surface area (Å²) in [5.41, 5.74) is 2.41. The van der Waals surface area contributed by atoms with E-state index in [1.807, 2.05) is 0 Å². The van der Waals surface area contributed by atoms with Crippen molar-refractivity contribution in [3.63, 3.8) is 0 Å². The molecule has 0 radical (unpaired) electrons. The third kappa shape index (κ3) is 1.88. The first-order chi connectivity index (χ1) is 8.70. The van der Waals surface area contributed by atoms with Crippen molar-refractivity contribution in [2.24, 2.45) is 5.41 Å². The summed E-state index contributed by atoms with van der Waals surface area (Å²) in [6, 6.07) is 8.62. The normalized spacial score (nSPS) is 27.6. The van der Waals surface area contributed by atoms with Crippen LogP contribution >= 0.6 is 0 Å². The zero-order chi connectivity index (χ0) is 12.6. The lowest BCUT2D eigenvalue weighted by Gasteiger charge is -2.39. The van der Waals surface area contributed by atoms with E-state index in [1.54, 1.807) is 0 Å². The van der Waals surface area contributed by atoms with Crippen molar-refractivity contribution in [3.8, 4) is 0 Å². The number of hydrogen-bond donors (Lipinski definition) is 1. The molecule has 2 aliphatic heterocycles. The molecule has 2 aliphatic rings. The molecule has 0 saturated carbocycles. The molecule has 1 aromatic carbocycles. The van der Waals surface area contributed by atoms with Gasteiger partial charge in [0, 0.05) is 25.3 Å². The molecule has 0 aromatic heterocycles. The molecule has 1 spiro atoms. The topological polar surface area (TPSA) is 32.3 Å². The first-order valence-corrected chi connectivity index (χ1v) is 6.80. The van der Waals surface area contributed by atoms with Crippen LogP contribution in [0.5, 0.6) is 0 Å². The van der Waals surface area contributed by atoms with Crippen LogP contribution in [0.2, 0.25) is 0 Å².